The van der Waals surface area contributed by atoms with Gasteiger partial charge < -0.3 is 0 Å². The van der Waals surface area contributed by atoms with E-state index in [1.54, 1.807) is 36.4 Å². The zero-order chi connectivity index (χ0) is 18.0. The van der Waals surface area contributed by atoms with Gasteiger partial charge in [0.05, 0.1) is 0 Å². The van der Waals surface area contributed by atoms with E-state index < -0.39 is 0 Å². The highest BCUT2D eigenvalue weighted by molar-refractivity contribution is 6.12. The Balaban J connectivity index is 1.89. The fourth-order valence-corrected chi connectivity index (χ4v) is 2.89. The third-order valence-corrected chi connectivity index (χ3v) is 4.75. The SMILES string of the molecule is Cc1ccc(C(=O)c2ccc(C(=O)c3ccccc3)cc2)c(C)c1C. The smallest absolute Gasteiger partial charge is 0.193 e. The standard InChI is InChI=1S/C23H20O2/c1-15-9-14-21(17(3)16(15)2)23(25)20-12-10-19(11-13-20)22(24)18-7-5-4-6-8-18/h4-14H,1-3H3. The molecule has 2 heteroatoms. The van der Waals surface area contributed by atoms with Crippen molar-refractivity contribution < 1.29 is 9.59 Å². The number of rotatable bonds is 4. The Morgan fingerprint density at radius 3 is 1.68 bits per heavy atom. The van der Waals surface area contributed by atoms with Crippen LogP contribution in [0.5, 0.6) is 0 Å². The summed E-state index contributed by atoms with van der Waals surface area (Å²) in [5.74, 6) is -0.0544. The molecule has 3 aromatic carbocycles. The normalized spacial score (nSPS) is 10.5. The monoisotopic (exact) mass is 328 g/mol. The molecule has 0 unspecified atom stereocenters. The molecule has 3 aromatic rings. The number of ketones is 2. The Bertz CT molecular complexity index is 936. The van der Waals surface area contributed by atoms with Crippen molar-refractivity contribution in [2.24, 2.45) is 0 Å². The van der Waals surface area contributed by atoms with Crippen LogP contribution in [0.15, 0.2) is 66.7 Å². The van der Waals surface area contributed by atoms with Gasteiger partial charge in [-0.1, -0.05) is 66.7 Å². The van der Waals surface area contributed by atoms with Gasteiger partial charge in [-0.3, -0.25) is 9.59 Å². The van der Waals surface area contributed by atoms with E-state index in [9.17, 15) is 9.59 Å². The lowest BCUT2D eigenvalue weighted by molar-refractivity contribution is 0.102. The predicted octanol–water partition coefficient (Wildman–Crippen LogP) is 5.07. The second kappa shape index (κ2) is 6.86. The lowest BCUT2D eigenvalue weighted by atomic mass is 9.93. The third kappa shape index (κ3) is 3.29. The summed E-state index contributed by atoms with van der Waals surface area (Å²) in [7, 11) is 0. The Kier molecular flexibility index (Phi) is 4.62. The summed E-state index contributed by atoms with van der Waals surface area (Å²) in [5, 5.41) is 0. The van der Waals surface area contributed by atoms with Gasteiger partial charge in [0.1, 0.15) is 0 Å². The van der Waals surface area contributed by atoms with E-state index in [0.717, 1.165) is 11.1 Å². The number of carbonyl (C=O) groups is 2. The minimum absolute atomic E-state index is 0.0145. The third-order valence-electron chi connectivity index (χ3n) is 4.75. The first-order valence-electron chi connectivity index (χ1n) is 8.30. The van der Waals surface area contributed by atoms with Crippen LogP contribution in [-0.2, 0) is 0 Å². The Labute approximate surface area is 148 Å². The van der Waals surface area contributed by atoms with Crippen LogP contribution >= 0.6 is 0 Å². The largest absolute Gasteiger partial charge is 0.289 e. The van der Waals surface area contributed by atoms with Crippen LogP contribution in [0.3, 0.4) is 0 Å². The minimum atomic E-state index is -0.0399. The van der Waals surface area contributed by atoms with Crippen LogP contribution < -0.4 is 0 Å². The summed E-state index contributed by atoms with van der Waals surface area (Å²) in [6.45, 7) is 6.05. The first-order chi connectivity index (χ1) is 12.0. The Morgan fingerprint density at radius 2 is 1.08 bits per heavy atom. The van der Waals surface area contributed by atoms with E-state index in [1.807, 2.05) is 51.1 Å². The van der Waals surface area contributed by atoms with Gasteiger partial charge in [0, 0.05) is 22.3 Å². The van der Waals surface area contributed by atoms with Crippen molar-refractivity contribution in [3.63, 3.8) is 0 Å². The molecule has 124 valence electrons. The molecule has 0 bridgehead atoms. The summed E-state index contributed by atoms with van der Waals surface area (Å²) in [6, 6.07) is 19.9. The lowest BCUT2D eigenvalue weighted by Crippen LogP contribution is -2.07. The number of hydrogen-bond donors (Lipinski definition) is 0. The van der Waals surface area contributed by atoms with Gasteiger partial charge in [0.25, 0.3) is 0 Å². The zero-order valence-electron chi connectivity index (χ0n) is 14.7. The first kappa shape index (κ1) is 16.8. The molecule has 0 aliphatic carbocycles. The van der Waals surface area contributed by atoms with Crippen LogP contribution in [0.25, 0.3) is 0 Å². The summed E-state index contributed by atoms with van der Waals surface area (Å²) in [5.41, 5.74) is 5.86. The van der Waals surface area contributed by atoms with Crippen molar-refractivity contribution in [3.05, 3.63) is 106 Å². The maximum Gasteiger partial charge on any atom is 0.193 e. The molecule has 0 radical (unpaired) electrons. The summed E-state index contributed by atoms with van der Waals surface area (Å²) in [4.78, 5) is 25.2. The van der Waals surface area contributed by atoms with E-state index in [4.69, 9.17) is 0 Å². The van der Waals surface area contributed by atoms with Gasteiger partial charge in [0.2, 0.25) is 0 Å². The highest BCUT2D eigenvalue weighted by Crippen LogP contribution is 2.21. The van der Waals surface area contributed by atoms with Crippen LogP contribution in [0, 0.1) is 20.8 Å². The fraction of sp³-hybridized carbons (Fsp3) is 0.130. The highest BCUT2D eigenvalue weighted by Gasteiger charge is 2.15. The molecule has 0 saturated heterocycles. The molecule has 0 spiro atoms. The average molecular weight is 328 g/mol. The van der Waals surface area contributed by atoms with Gasteiger partial charge in [-0.15, -0.1) is 0 Å². The number of hydrogen-bond acceptors (Lipinski definition) is 2. The Morgan fingerprint density at radius 1 is 0.560 bits per heavy atom. The van der Waals surface area contributed by atoms with Crippen molar-refractivity contribution in [2.75, 3.05) is 0 Å². The maximum atomic E-state index is 12.8. The van der Waals surface area contributed by atoms with Gasteiger partial charge in [-0.25, -0.2) is 0 Å². The number of aryl methyl sites for hydroxylation is 1. The summed E-state index contributed by atoms with van der Waals surface area (Å²) < 4.78 is 0. The average Bonchev–Trinajstić information content (AvgIpc) is 2.66. The van der Waals surface area contributed by atoms with Gasteiger partial charge in [0.15, 0.2) is 11.6 Å². The maximum absolute atomic E-state index is 12.8. The van der Waals surface area contributed by atoms with Crippen molar-refractivity contribution in [1.82, 2.24) is 0 Å². The number of benzene rings is 3. The second-order valence-corrected chi connectivity index (χ2v) is 6.28. The molecule has 0 aliphatic rings. The lowest BCUT2D eigenvalue weighted by Gasteiger charge is -2.11. The van der Waals surface area contributed by atoms with Crippen molar-refractivity contribution in [2.45, 2.75) is 20.8 Å². The molecule has 0 saturated carbocycles. The van der Waals surface area contributed by atoms with Crippen LogP contribution in [-0.4, -0.2) is 11.6 Å². The number of carbonyl (C=O) groups excluding carboxylic acids is 2. The van der Waals surface area contributed by atoms with E-state index in [0.29, 0.717) is 22.3 Å². The molecular formula is C23H20O2. The van der Waals surface area contributed by atoms with Gasteiger partial charge >= 0.3 is 0 Å². The quantitative estimate of drug-likeness (QED) is 0.626. The molecule has 0 amide bonds. The van der Waals surface area contributed by atoms with Crippen LogP contribution in [0.4, 0.5) is 0 Å². The van der Waals surface area contributed by atoms with Gasteiger partial charge in [-0.05, 0) is 37.5 Å². The van der Waals surface area contributed by atoms with Crippen molar-refractivity contribution in [1.29, 1.82) is 0 Å². The van der Waals surface area contributed by atoms with Crippen molar-refractivity contribution in [3.8, 4) is 0 Å². The second-order valence-electron chi connectivity index (χ2n) is 6.28. The molecule has 0 aromatic heterocycles. The van der Waals surface area contributed by atoms with Crippen LogP contribution in [0.1, 0.15) is 48.5 Å². The molecule has 0 aliphatic heterocycles. The molecule has 3 rings (SSSR count). The van der Waals surface area contributed by atoms with Crippen molar-refractivity contribution >= 4 is 11.6 Å². The van der Waals surface area contributed by atoms with Crippen LogP contribution in [0.2, 0.25) is 0 Å². The minimum Gasteiger partial charge on any atom is -0.289 e. The summed E-state index contributed by atoms with van der Waals surface area (Å²) in [6.07, 6.45) is 0. The topological polar surface area (TPSA) is 34.1 Å². The van der Waals surface area contributed by atoms with E-state index in [2.05, 4.69) is 0 Å². The molecular weight excluding hydrogens is 308 g/mol. The van der Waals surface area contributed by atoms with E-state index in [1.165, 1.54) is 5.56 Å². The zero-order valence-corrected chi connectivity index (χ0v) is 14.7. The predicted molar refractivity (Wildman–Crippen MR) is 100 cm³/mol. The molecule has 0 fully saturated rings. The summed E-state index contributed by atoms with van der Waals surface area (Å²) >= 11 is 0. The van der Waals surface area contributed by atoms with E-state index >= 15 is 0 Å². The van der Waals surface area contributed by atoms with Gasteiger partial charge in [-0.2, -0.15) is 0 Å². The first-order valence-corrected chi connectivity index (χ1v) is 8.30. The van der Waals surface area contributed by atoms with E-state index in [-0.39, 0.29) is 11.6 Å². The molecule has 0 N–H and O–H groups in total. The molecule has 2 nitrogen and oxygen atoms in total. The fourth-order valence-electron chi connectivity index (χ4n) is 2.89. The molecule has 0 atom stereocenters. The Hall–Kier alpha value is -3.00. The highest BCUT2D eigenvalue weighted by atomic mass is 16.1. The molecule has 0 heterocycles. The molecule has 25 heavy (non-hydrogen) atoms.